The Morgan fingerprint density at radius 2 is 1.66 bits per heavy atom. The highest BCUT2D eigenvalue weighted by Gasteiger charge is 2.16. The van der Waals surface area contributed by atoms with Crippen LogP contribution in [0.25, 0.3) is 11.1 Å². The van der Waals surface area contributed by atoms with Gasteiger partial charge in [0.2, 0.25) is 10.0 Å². The number of nitrogens with one attached hydrogen (secondary N) is 1. The summed E-state index contributed by atoms with van der Waals surface area (Å²) in [5, 5.41) is 11.0. The quantitative estimate of drug-likeness (QED) is 0.347. The Bertz CT molecular complexity index is 1140. The van der Waals surface area contributed by atoms with E-state index in [-0.39, 0.29) is 22.7 Å². The minimum atomic E-state index is -3.61. The van der Waals surface area contributed by atoms with Gasteiger partial charge >= 0.3 is 0 Å². The number of carbonyl (C=O) groups excluding carboxylic acids is 1. The summed E-state index contributed by atoms with van der Waals surface area (Å²) in [5.74, 6) is 0. The van der Waals surface area contributed by atoms with E-state index < -0.39 is 14.9 Å². The Labute approximate surface area is 168 Å². The van der Waals surface area contributed by atoms with E-state index in [1.54, 1.807) is 24.3 Å². The van der Waals surface area contributed by atoms with Crippen molar-refractivity contribution in [3.8, 4) is 11.1 Å². The number of nitro groups is 1. The molecule has 0 unspecified atom stereocenters. The van der Waals surface area contributed by atoms with Crippen LogP contribution < -0.4 is 4.72 Å². The molecule has 0 heterocycles. The van der Waals surface area contributed by atoms with Crippen LogP contribution in [0.15, 0.2) is 77.7 Å². The summed E-state index contributed by atoms with van der Waals surface area (Å²) >= 11 is 0. The number of sulfonamides is 1. The molecule has 0 saturated carbocycles. The van der Waals surface area contributed by atoms with E-state index in [1.807, 2.05) is 24.3 Å². The van der Waals surface area contributed by atoms with Gasteiger partial charge in [-0.3, -0.25) is 14.9 Å². The maximum atomic E-state index is 12.3. The normalized spacial score (nSPS) is 11.2. The van der Waals surface area contributed by atoms with Crippen LogP contribution in [0.3, 0.4) is 0 Å². The fourth-order valence-electron chi connectivity index (χ4n) is 3.01. The molecular formula is C21H18N2O5S. The minimum absolute atomic E-state index is 0.00733. The molecule has 0 aliphatic rings. The fraction of sp³-hybridized carbons (Fsp3) is 0.0952. The zero-order valence-electron chi connectivity index (χ0n) is 15.3. The van der Waals surface area contributed by atoms with Crippen LogP contribution in [0.1, 0.15) is 15.9 Å². The van der Waals surface area contributed by atoms with Crippen molar-refractivity contribution in [2.24, 2.45) is 0 Å². The van der Waals surface area contributed by atoms with Gasteiger partial charge in [0, 0.05) is 12.6 Å². The van der Waals surface area contributed by atoms with E-state index >= 15 is 0 Å². The molecule has 1 N–H and O–H groups in total. The first-order valence-electron chi connectivity index (χ1n) is 8.79. The van der Waals surface area contributed by atoms with Gasteiger partial charge < -0.3 is 0 Å². The van der Waals surface area contributed by atoms with Crippen LogP contribution in [0.4, 0.5) is 5.69 Å². The van der Waals surface area contributed by atoms with E-state index in [0.717, 1.165) is 11.1 Å². The van der Waals surface area contributed by atoms with Crippen LogP contribution in [0.2, 0.25) is 0 Å². The van der Waals surface area contributed by atoms with Crippen molar-refractivity contribution in [1.82, 2.24) is 4.72 Å². The molecule has 3 rings (SSSR count). The number of benzene rings is 3. The summed E-state index contributed by atoms with van der Waals surface area (Å²) in [6.45, 7) is 0.182. The lowest BCUT2D eigenvalue weighted by atomic mass is 9.96. The van der Waals surface area contributed by atoms with Gasteiger partial charge in [0.1, 0.15) is 0 Å². The molecule has 0 aliphatic heterocycles. The molecule has 0 aromatic heterocycles. The molecule has 0 aliphatic carbocycles. The molecule has 148 valence electrons. The molecule has 7 nitrogen and oxygen atoms in total. The Hall–Kier alpha value is -3.36. The maximum Gasteiger partial charge on any atom is 0.279 e. The van der Waals surface area contributed by atoms with E-state index in [0.29, 0.717) is 18.3 Å². The van der Waals surface area contributed by atoms with Crippen LogP contribution in [-0.2, 0) is 16.4 Å². The van der Waals surface area contributed by atoms with Crippen molar-refractivity contribution in [1.29, 1.82) is 0 Å². The number of nitrogens with zero attached hydrogens (tertiary/aromatic N) is 1. The smallest absolute Gasteiger partial charge is 0.279 e. The first-order chi connectivity index (χ1) is 13.9. The third-order valence-electron chi connectivity index (χ3n) is 4.42. The number of hydrogen-bond donors (Lipinski definition) is 1. The number of rotatable bonds is 8. The lowest BCUT2D eigenvalue weighted by Gasteiger charge is -2.11. The van der Waals surface area contributed by atoms with Gasteiger partial charge in [0.15, 0.2) is 6.29 Å². The van der Waals surface area contributed by atoms with Gasteiger partial charge in [-0.05, 0) is 47.4 Å². The fourth-order valence-corrected chi connectivity index (χ4v) is 4.06. The Balaban J connectivity index is 1.81. The first-order valence-corrected chi connectivity index (χ1v) is 10.3. The molecule has 3 aromatic rings. The lowest BCUT2D eigenvalue weighted by Crippen LogP contribution is -2.26. The van der Waals surface area contributed by atoms with Crippen LogP contribution in [0.5, 0.6) is 0 Å². The van der Waals surface area contributed by atoms with Gasteiger partial charge in [-0.15, -0.1) is 0 Å². The summed E-state index contributed by atoms with van der Waals surface area (Å²) in [6, 6.07) is 19.8. The minimum Gasteiger partial charge on any atom is -0.298 e. The highest BCUT2D eigenvalue weighted by atomic mass is 32.2. The zero-order valence-corrected chi connectivity index (χ0v) is 16.1. The van der Waals surface area contributed by atoms with E-state index in [9.17, 15) is 23.3 Å². The molecule has 0 fully saturated rings. The Morgan fingerprint density at radius 3 is 2.34 bits per heavy atom. The molecule has 0 spiro atoms. The van der Waals surface area contributed by atoms with Gasteiger partial charge in [-0.2, -0.15) is 0 Å². The predicted molar refractivity (Wildman–Crippen MR) is 109 cm³/mol. The van der Waals surface area contributed by atoms with E-state index in [4.69, 9.17) is 0 Å². The summed E-state index contributed by atoms with van der Waals surface area (Å²) in [4.78, 5) is 21.9. The van der Waals surface area contributed by atoms with Gasteiger partial charge in [-0.25, -0.2) is 13.1 Å². The average molecular weight is 410 g/mol. The van der Waals surface area contributed by atoms with Gasteiger partial charge in [-0.1, -0.05) is 42.5 Å². The lowest BCUT2D eigenvalue weighted by molar-refractivity contribution is -0.385. The number of carbonyl (C=O) groups is 1. The number of aldehydes is 1. The second kappa shape index (κ2) is 8.76. The molecule has 8 heteroatoms. The molecular weight excluding hydrogens is 392 g/mol. The van der Waals surface area contributed by atoms with Crippen LogP contribution in [-0.4, -0.2) is 26.2 Å². The highest BCUT2D eigenvalue weighted by molar-refractivity contribution is 7.89. The van der Waals surface area contributed by atoms with Crippen molar-refractivity contribution in [2.45, 2.75) is 11.3 Å². The molecule has 0 amide bonds. The van der Waals surface area contributed by atoms with Crippen molar-refractivity contribution in [2.75, 3.05) is 6.54 Å². The van der Waals surface area contributed by atoms with Gasteiger partial charge in [0.05, 0.1) is 15.4 Å². The van der Waals surface area contributed by atoms with Crippen LogP contribution >= 0.6 is 0 Å². The standard InChI is InChI=1S/C21H18N2O5S/c24-15-18-14-17(10-11-21(18)23(25)26)20-9-5-4-6-16(20)12-13-22-29(27,28)19-7-2-1-3-8-19/h1-11,14-15,22H,12-13H2. The van der Waals surface area contributed by atoms with Gasteiger partial charge in [0.25, 0.3) is 5.69 Å². The van der Waals surface area contributed by atoms with E-state index in [2.05, 4.69) is 4.72 Å². The Morgan fingerprint density at radius 1 is 0.966 bits per heavy atom. The van der Waals surface area contributed by atoms with Crippen molar-refractivity contribution in [3.05, 3.63) is 94.0 Å². The average Bonchev–Trinajstić information content (AvgIpc) is 2.74. The highest BCUT2D eigenvalue weighted by Crippen LogP contribution is 2.28. The maximum absolute atomic E-state index is 12.3. The molecule has 0 radical (unpaired) electrons. The molecule has 0 atom stereocenters. The van der Waals surface area contributed by atoms with Crippen molar-refractivity contribution >= 4 is 22.0 Å². The first kappa shape index (κ1) is 20.4. The molecule has 0 saturated heterocycles. The second-order valence-corrected chi connectivity index (χ2v) is 8.03. The van der Waals surface area contributed by atoms with Crippen molar-refractivity contribution < 1.29 is 18.1 Å². The molecule has 3 aromatic carbocycles. The van der Waals surface area contributed by atoms with E-state index in [1.165, 1.54) is 24.3 Å². The van der Waals surface area contributed by atoms with Crippen LogP contribution in [0, 0.1) is 10.1 Å². The topological polar surface area (TPSA) is 106 Å². The monoisotopic (exact) mass is 410 g/mol. The SMILES string of the molecule is O=Cc1cc(-c2ccccc2CCNS(=O)(=O)c2ccccc2)ccc1[N+](=O)[O-]. The number of hydrogen-bond acceptors (Lipinski definition) is 5. The Kier molecular flexibility index (Phi) is 6.16. The molecule has 0 bridgehead atoms. The zero-order chi connectivity index (χ0) is 20.9. The molecule has 29 heavy (non-hydrogen) atoms. The third-order valence-corrected chi connectivity index (χ3v) is 5.90. The summed E-state index contributed by atoms with van der Waals surface area (Å²) < 4.78 is 27.3. The summed E-state index contributed by atoms with van der Waals surface area (Å²) in [7, 11) is -3.61. The summed E-state index contributed by atoms with van der Waals surface area (Å²) in [6.07, 6.45) is 0.869. The third kappa shape index (κ3) is 4.74. The predicted octanol–water partition coefficient (Wildman–Crippen LogP) is 3.60. The summed E-state index contributed by atoms with van der Waals surface area (Å²) in [5.41, 5.74) is 2.03. The largest absolute Gasteiger partial charge is 0.298 e. The number of nitro benzene ring substituents is 1. The van der Waals surface area contributed by atoms with Crippen molar-refractivity contribution in [3.63, 3.8) is 0 Å². The second-order valence-electron chi connectivity index (χ2n) is 6.27.